The van der Waals surface area contributed by atoms with Crippen LogP contribution >= 0.6 is 11.3 Å². The zero-order chi connectivity index (χ0) is 14.7. The van der Waals surface area contributed by atoms with Crippen molar-refractivity contribution in [3.8, 4) is 22.4 Å². The highest BCUT2D eigenvalue weighted by Gasteiger charge is 2.18. The van der Waals surface area contributed by atoms with Crippen LogP contribution in [0.4, 0.5) is 0 Å². The van der Waals surface area contributed by atoms with E-state index in [0.29, 0.717) is 18.2 Å². The van der Waals surface area contributed by atoms with Crippen LogP contribution in [0.5, 0.6) is 5.75 Å². The summed E-state index contributed by atoms with van der Waals surface area (Å²) in [5.41, 5.74) is -0.488. The maximum absolute atomic E-state index is 12.1. The van der Waals surface area contributed by atoms with Gasteiger partial charge in [0, 0.05) is 6.54 Å². The first kappa shape index (κ1) is 14.3. The van der Waals surface area contributed by atoms with E-state index in [-0.39, 0.29) is 11.3 Å². The number of aromatic hydroxyl groups is 1. The molecule has 0 aliphatic carbocycles. The van der Waals surface area contributed by atoms with Gasteiger partial charge in [0.1, 0.15) is 11.8 Å². The molecular formula is C14H15N3O2S. The van der Waals surface area contributed by atoms with E-state index in [2.05, 4.69) is 18.9 Å². The minimum Gasteiger partial charge on any atom is -0.504 e. The predicted octanol–water partition coefficient (Wildman–Crippen LogP) is 2.60. The number of hydrogen-bond donors (Lipinski definition) is 1. The van der Waals surface area contributed by atoms with Gasteiger partial charge in [0.05, 0.1) is 4.88 Å². The monoisotopic (exact) mass is 289 g/mol. The van der Waals surface area contributed by atoms with Crippen LogP contribution in [-0.4, -0.2) is 14.9 Å². The lowest BCUT2D eigenvalue weighted by Crippen LogP contribution is -2.26. The summed E-state index contributed by atoms with van der Waals surface area (Å²) in [6.07, 6.45) is 0.784. The molecule has 20 heavy (non-hydrogen) atoms. The molecule has 2 heterocycles. The molecule has 2 aromatic heterocycles. The van der Waals surface area contributed by atoms with Gasteiger partial charge in [-0.25, -0.2) is 4.68 Å². The molecule has 0 aliphatic heterocycles. The molecule has 0 unspecified atom stereocenters. The summed E-state index contributed by atoms with van der Waals surface area (Å²) in [6.45, 7) is 4.54. The topological polar surface area (TPSA) is 78.9 Å². The van der Waals surface area contributed by atoms with Crippen LogP contribution in [0.3, 0.4) is 0 Å². The zero-order valence-electron chi connectivity index (χ0n) is 11.3. The van der Waals surface area contributed by atoms with Crippen molar-refractivity contribution in [3.05, 3.63) is 33.4 Å². The summed E-state index contributed by atoms with van der Waals surface area (Å²) in [6, 6.07) is 5.40. The summed E-state index contributed by atoms with van der Waals surface area (Å²) in [5, 5.41) is 25.2. The van der Waals surface area contributed by atoms with Gasteiger partial charge in [0.15, 0.2) is 11.3 Å². The molecule has 0 aliphatic rings. The van der Waals surface area contributed by atoms with Crippen LogP contribution in [0.1, 0.15) is 25.8 Å². The average Bonchev–Trinajstić information content (AvgIpc) is 2.92. The largest absolute Gasteiger partial charge is 0.504 e. The third kappa shape index (κ3) is 2.73. The first-order chi connectivity index (χ1) is 9.54. The van der Waals surface area contributed by atoms with Crippen LogP contribution in [-0.2, 0) is 6.54 Å². The number of nitriles is 1. The molecule has 0 fully saturated rings. The molecule has 0 amide bonds. The van der Waals surface area contributed by atoms with Gasteiger partial charge in [-0.15, -0.1) is 11.3 Å². The van der Waals surface area contributed by atoms with Crippen LogP contribution in [0.15, 0.2) is 22.3 Å². The van der Waals surface area contributed by atoms with Crippen molar-refractivity contribution in [2.24, 2.45) is 5.92 Å². The minimum absolute atomic E-state index is 0.243. The second-order valence-corrected chi connectivity index (χ2v) is 5.82. The van der Waals surface area contributed by atoms with Gasteiger partial charge in [-0.2, -0.15) is 10.4 Å². The summed E-state index contributed by atoms with van der Waals surface area (Å²) in [7, 11) is 0. The lowest BCUT2D eigenvalue weighted by atomic mass is 10.1. The first-order valence-corrected chi connectivity index (χ1v) is 7.20. The molecule has 6 heteroatoms. The van der Waals surface area contributed by atoms with Crippen molar-refractivity contribution >= 4 is 11.3 Å². The van der Waals surface area contributed by atoms with Gasteiger partial charge >= 0.3 is 0 Å². The highest BCUT2D eigenvalue weighted by Crippen LogP contribution is 2.31. The summed E-state index contributed by atoms with van der Waals surface area (Å²) < 4.78 is 1.27. The molecule has 104 valence electrons. The van der Waals surface area contributed by atoms with Gasteiger partial charge in [0.25, 0.3) is 5.56 Å². The highest BCUT2D eigenvalue weighted by atomic mass is 32.1. The summed E-state index contributed by atoms with van der Waals surface area (Å²) >= 11 is 1.40. The Labute approximate surface area is 120 Å². The molecule has 0 saturated carbocycles. The SMILES string of the molecule is CC(C)CCn1nc(-c2cccs2)c(O)c(C#N)c1=O. The Bertz CT molecular complexity index is 696. The van der Waals surface area contributed by atoms with E-state index >= 15 is 0 Å². The number of aryl methyl sites for hydroxylation is 1. The van der Waals surface area contributed by atoms with Crippen molar-refractivity contribution in [3.63, 3.8) is 0 Å². The van der Waals surface area contributed by atoms with E-state index in [1.807, 2.05) is 11.4 Å². The number of nitrogens with zero attached hydrogens (tertiary/aromatic N) is 3. The molecule has 2 rings (SSSR count). The first-order valence-electron chi connectivity index (χ1n) is 6.32. The average molecular weight is 289 g/mol. The molecule has 0 aromatic carbocycles. The molecule has 2 aromatic rings. The van der Waals surface area contributed by atoms with Gasteiger partial charge in [-0.1, -0.05) is 19.9 Å². The second-order valence-electron chi connectivity index (χ2n) is 4.87. The van der Waals surface area contributed by atoms with E-state index in [0.717, 1.165) is 11.3 Å². The highest BCUT2D eigenvalue weighted by molar-refractivity contribution is 7.13. The van der Waals surface area contributed by atoms with Crippen LogP contribution < -0.4 is 5.56 Å². The smallest absolute Gasteiger partial charge is 0.288 e. The van der Waals surface area contributed by atoms with Crippen molar-refractivity contribution in [2.75, 3.05) is 0 Å². The van der Waals surface area contributed by atoms with Crippen LogP contribution in [0, 0.1) is 17.2 Å². The Kier molecular flexibility index (Phi) is 4.20. The molecule has 1 N–H and O–H groups in total. The normalized spacial score (nSPS) is 10.7. The lowest BCUT2D eigenvalue weighted by molar-refractivity contribution is 0.443. The Morgan fingerprint density at radius 3 is 2.85 bits per heavy atom. The molecule has 0 atom stereocenters. The fraction of sp³-hybridized carbons (Fsp3) is 0.357. The molecule has 0 spiro atoms. The molecule has 0 radical (unpaired) electrons. The van der Waals surface area contributed by atoms with Crippen molar-refractivity contribution in [2.45, 2.75) is 26.8 Å². The number of aromatic nitrogens is 2. The second kappa shape index (κ2) is 5.88. The molecule has 0 saturated heterocycles. The number of rotatable bonds is 4. The lowest BCUT2D eigenvalue weighted by Gasteiger charge is -2.10. The van der Waals surface area contributed by atoms with Crippen molar-refractivity contribution in [1.82, 2.24) is 9.78 Å². The molecule has 0 bridgehead atoms. The van der Waals surface area contributed by atoms with Gasteiger partial charge in [-0.3, -0.25) is 4.79 Å². The van der Waals surface area contributed by atoms with E-state index in [9.17, 15) is 9.90 Å². The van der Waals surface area contributed by atoms with Crippen molar-refractivity contribution < 1.29 is 5.11 Å². The Hall–Kier alpha value is -2.13. The van der Waals surface area contributed by atoms with Gasteiger partial charge < -0.3 is 5.11 Å². The third-order valence-corrected chi connectivity index (χ3v) is 3.79. The molecular weight excluding hydrogens is 274 g/mol. The maximum Gasteiger partial charge on any atom is 0.288 e. The van der Waals surface area contributed by atoms with Crippen LogP contribution in [0.25, 0.3) is 10.6 Å². The van der Waals surface area contributed by atoms with E-state index < -0.39 is 5.56 Å². The predicted molar refractivity (Wildman–Crippen MR) is 77.6 cm³/mol. The quantitative estimate of drug-likeness (QED) is 0.938. The van der Waals surface area contributed by atoms with E-state index in [4.69, 9.17) is 5.26 Å². The summed E-state index contributed by atoms with van der Waals surface area (Å²) in [4.78, 5) is 12.8. The maximum atomic E-state index is 12.1. The Morgan fingerprint density at radius 1 is 1.55 bits per heavy atom. The van der Waals surface area contributed by atoms with Gasteiger partial charge in [0.2, 0.25) is 0 Å². The van der Waals surface area contributed by atoms with Gasteiger partial charge in [-0.05, 0) is 23.8 Å². The third-order valence-electron chi connectivity index (χ3n) is 2.91. The fourth-order valence-electron chi connectivity index (χ4n) is 1.77. The zero-order valence-corrected chi connectivity index (χ0v) is 12.1. The standard InChI is InChI=1S/C14H15N3O2S/c1-9(2)5-6-17-14(19)10(8-15)13(18)12(16-17)11-4-3-7-20-11/h3-4,7,9,18H,5-6H2,1-2H3. The number of thiophene rings is 1. The Balaban J connectivity index is 2.56. The Morgan fingerprint density at radius 2 is 2.30 bits per heavy atom. The number of hydrogen-bond acceptors (Lipinski definition) is 5. The fourth-order valence-corrected chi connectivity index (χ4v) is 2.48. The summed E-state index contributed by atoms with van der Waals surface area (Å²) in [5.74, 6) is 0.0916. The molecule has 5 nitrogen and oxygen atoms in total. The van der Waals surface area contributed by atoms with Crippen molar-refractivity contribution in [1.29, 1.82) is 5.26 Å². The minimum atomic E-state index is -0.536. The van der Waals surface area contributed by atoms with Crippen LogP contribution in [0.2, 0.25) is 0 Å². The van der Waals surface area contributed by atoms with E-state index in [1.54, 1.807) is 12.1 Å². The van der Waals surface area contributed by atoms with E-state index in [1.165, 1.54) is 16.0 Å².